The van der Waals surface area contributed by atoms with Gasteiger partial charge in [-0.1, -0.05) is 12.1 Å². The standard InChI is InChI=1S/C19H21N3O4/c1-20-9-10-21(13-17(20)23)11-12-22-8-2-3-16(18(22)24)14-4-6-15(7-5-14)19(25)26/h2-8H,9-13H2,1H3,(H,25,26). The lowest BCUT2D eigenvalue weighted by atomic mass is 10.1. The number of hydrogen-bond donors (Lipinski definition) is 1. The van der Waals surface area contributed by atoms with E-state index in [0.29, 0.717) is 37.3 Å². The lowest BCUT2D eigenvalue weighted by molar-refractivity contribution is -0.134. The molecular weight excluding hydrogens is 334 g/mol. The minimum atomic E-state index is -0.997. The molecule has 1 aromatic carbocycles. The molecule has 26 heavy (non-hydrogen) atoms. The molecule has 0 spiro atoms. The van der Waals surface area contributed by atoms with Crippen molar-refractivity contribution in [3.8, 4) is 11.1 Å². The van der Waals surface area contributed by atoms with E-state index in [1.165, 1.54) is 12.1 Å². The number of rotatable bonds is 5. The third kappa shape index (κ3) is 3.83. The van der Waals surface area contributed by atoms with Gasteiger partial charge < -0.3 is 14.6 Å². The zero-order chi connectivity index (χ0) is 18.7. The van der Waals surface area contributed by atoms with Crippen LogP contribution in [-0.2, 0) is 11.3 Å². The highest BCUT2D eigenvalue weighted by atomic mass is 16.4. The Bertz CT molecular complexity index is 873. The predicted octanol–water partition coefficient (Wildman–Crippen LogP) is 0.987. The summed E-state index contributed by atoms with van der Waals surface area (Å²) in [6.45, 7) is 3.00. The Morgan fingerprint density at radius 1 is 1.08 bits per heavy atom. The normalized spacial score (nSPS) is 15.3. The Labute approximate surface area is 151 Å². The van der Waals surface area contributed by atoms with Gasteiger partial charge in [0.15, 0.2) is 0 Å². The van der Waals surface area contributed by atoms with Crippen LogP contribution in [-0.4, -0.2) is 64.6 Å². The van der Waals surface area contributed by atoms with Crippen molar-refractivity contribution in [3.05, 3.63) is 58.5 Å². The van der Waals surface area contributed by atoms with Gasteiger partial charge in [0.2, 0.25) is 5.91 Å². The van der Waals surface area contributed by atoms with Crippen LogP contribution in [0, 0.1) is 0 Å². The fraction of sp³-hybridized carbons (Fsp3) is 0.316. The highest BCUT2D eigenvalue weighted by molar-refractivity contribution is 5.88. The molecule has 1 aliphatic rings. The van der Waals surface area contributed by atoms with E-state index in [1.807, 2.05) is 4.90 Å². The summed E-state index contributed by atoms with van der Waals surface area (Å²) in [6.07, 6.45) is 1.73. The van der Waals surface area contributed by atoms with E-state index in [0.717, 1.165) is 6.54 Å². The Kier molecular flexibility index (Phi) is 5.18. The highest BCUT2D eigenvalue weighted by Crippen LogP contribution is 2.16. The largest absolute Gasteiger partial charge is 0.478 e. The summed E-state index contributed by atoms with van der Waals surface area (Å²) in [4.78, 5) is 39.2. The molecule has 1 aromatic heterocycles. The van der Waals surface area contributed by atoms with Crippen molar-refractivity contribution in [2.45, 2.75) is 6.54 Å². The summed E-state index contributed by atoms with van der Waals surface area (Å²) < 4.78 is 1.63. The van der Waals surface area contributed by atoms with Gasteiger partial charge in [-0.2, -0.15) is 0 Å². The van der Waals surface area contributed by atoms with Crippen LogP contribution in [0.4, 0.5) is 0 Å². The van der Waals surface area contributed by atoms with Crippen LogP contribution in [0.2, 0.25) is 0 Å². The zero-order valence-electron chi connectivity index (χ0n) is 14.6. The van der Waals surface area contributed by atoms with Gasteiger partial charge in [-0.3, -0.25) is 14.5 Å². The van der Waals surface area contributed by atoms with Crippen molar-refractivity contribution in [2.24, 2.45) is 0 Å². The first-order valence-corrected chi connectivity index (χ1v) is 8.45. The summed E-state index contributed by atoms with van der Waals surface area (Å²) in [5, 5.41) is 8.98. The summed E-state index contributed by atoms with van der Waals surface area (Å²) in [5.41, 5.74) is 1.27. The van der Waals surface area contributed by atoms with Gasteiger partial charge in [0, 0.05) is 45.0 Å². The summed E-state index contributed by atoms with van der Waals surface area (Å²) in [6, 6.07) is 9.80. The SMILES string of the molecule is CN1CCN(CCn2cccc(-c3ccc(C(=O)O)cc3)c2=O)CC1=O. The number of aromatic nitrogens is 1. The number of nitrogens with zero attached hydrogens (tertiary/aromatic N) is 3. The Balaban J connectivity index is 1.74. The fourth-order valence-corrected chi connectivity index (χ4v) is 2.97. The molecule has 1 fully saturated rings. The topological polar surface area (TPSA) is 82.8 Å². The number of carboxylic acid groups (broad SMARTS) is 1. The molecule has 1 N–H and O–H groups in total. The molecule has 0 radical (unpaired) electrons. The average Bonchev–Trinajstić information content (AvgIpc) is 2.64. The van der Waals surface area contributed by atoms with Crippen molar-refractivity contribution in [3.63, 3.8) is 0 Å². The average molecular weight is 355 g/mol. The van der Waals surface area contributed by atoms with E-state index in [-0.39, 0.29) is 17.0 Å². The van der Waals surface area contributed by atoms with Crippen molar-refractivity contribution in [1.82, 2.24) is 14.4 Å². The van der Waals surface area contributed by atoms with E-state index in [1.54, 1.807) is 47.0 Å². The van der Waals surface area contributed by atoms with Gasteiger partial charge in [0.1, 0.15) is 0 Å². The number of amides is 1. The van der Waals surface area contributed by atoms with E-state index in [2.05, 4.69) is 0 Å². The molecule has 0 aliphatic carbocycles. The highest BCUT2D eigenvalue weighted by Gasteiger charge is 2.20. The number of aromatic carboxylic acids is 1. The third-order valence-corrected chi connectivity index (χ3v) is 4.66. The maximum Gasteiger partial charge on any atom is 0.335 e. The molecule has 0 unspecified atom stereocenters. The molecule has 2 aromatic rings. The maximum absolute atomic E-state index is 12.7. The van der Waals surface area contributed by atoms with Crippen LogP contribution >= 0.6 is 0 Å². The second-order valence-corrected chi connectivity index (χ2v) is 6.39. The third-order valence-electron chi connectivity index (χ3n) is 4.66. The van der Waals surface area contributed by atoms with Crippen LogP contribution in [0.15, 0.2) is 47.4 Å². The number of carboxylic acids is 1. The smallest absolute Gasteiger partial charge is 0.335 e. The van der Waals surface area contributed by atoms with Gasteiger partial charge in [-0.25, -0.2) is 4.79 Å². The molecule has 1 aliphatic heterocycles. The first-order chi connectivity index (χ1) is 12.5. The van der Waals surface area contributed by atoms with E-state index < -0.39 is 5.97 Å². The number of pyridine rings is 1. The summed E-state index contributed by atoms with van der Waals surface area (Å²) in [5.74, 6) is -0.903. The number of hydrogen-bond acceptors (Lipinski definition) is 4. The van der Waals surface area contributed by atoms with Crippen LogP contribution in [0.5, 0.6) is 0 Å². The molecule has 2 heterocycles. The van der Waals surface area contributed by atoms with Gasteiger partial charge >= 0.3 is 5.97 Å². The first kappa shape index (κ1) is 17.9. The van der Waals surface area contributed by atoms with E-state index in [4.69, 9.17) is 5.11 Å². The molecule has 1 saturated heterocycles. The first-order valence-electron chi connectivity index (χ1n) is 8.45. The lowest BCUT2D eigenvalue weighted by Crippen LogP contribution is -2.49. The van der Waals surface area contributed by atoms with Crippen LogP contribution in [0.1, 0.15) is 10.4 Å². The van der Waals surface area contributed by atoms with Crippen molar-refractivity contribution in [2.75, 3.05) is 33.2 Å². The minimum Gasteiger partial charge on any atom is -0.478 e. The Morgan fingerprint density at radius 3 is 2.46 bits per heavy atom. The fourth-order valence-electron chi connectivity index (χ4n) is 2.97. The monoisotopic (exact) mass is 355 g/mol. The van der Waals surface area contributed by atoms with Gasteiger partial charge in [-0.15, -0.1) is 0 Å². The molecule has 136 valence electrons. The Hall–Kier alpha value is -2.93. The molecule has 0 saturated carbocycles. The maximum atomic E-state index is 12.7. The predicted molar refractivity (Wildman–Crippen MR) is 97.2 cm³/mol. The molecule has 3 rings (SSSR count). The number of piperazine rings is 1. The van der Waals surface area contributed by atoms with Crippen LogP contribution in [0.3, 0.4) is 0 Å². The molecule has 7 heteroatoms. The molecular formula is C19H21N3O4. The van der Waals surface area contributed by atoms with Gasteiger partial charge in [-0.05, 0) is 29.8 Å². The molecule has 7 nitrogen and oxygen atoms in total. The summed E-state index contributed by atoms with van der Waals surface area (Å²) >= 11 is 0. The van der Waals surface area contributed by atoms with E-state index in [9.17, 15) is 14.4 Å². The van der Waals surface area contributed by atoms with Crippen molar-refractivity contribution in [1.29, 1.82) is 0 Å². The van der Waals surface area contributed by atoms with Crippen molar-refractivity contribution >= 4 is 11.9 Å². The van der Waals surface area contributed by atoms with Crippen LogP contribution in [0.25, 0.3) is 11.1 Å². The molecule has 0 bridgehead atoms. The van der Waals surface area contributed by atoms with Gasteiger partial charge in [0.25, 0.3) is 5.56 Å². The number of carbonyl (C=O) groups is 2. The van der Waals surface area contributed by atoms with Crippen molar-refractivity contribution < 1.29 is 14.7 Å². The Morgan fingerprint density at radius 2 is 1.81 bits per heavy atom. The lowest BCUT2D eigenvalue weighted by Gasteiger charge is -2.31. The molecule has 0 atom stereocenters. The van der Waals surface area contributed by atoms with E-state index >= 15 is 0 Å². The zero-order valence-corrected chi connectivity index (χ0v) is 14.6. The molecule has 1 amide bonds. The quantitative estimate of drug-likeness (QED) is 0.865. The second-order valence-electron chi connectivity index (χ2n) is 6.39. The number of benzene rings is 1. The number of likely N-dealkylation sites (N-methyl/N-ethyl adjacent to an activating group) is 1. The summed E-state index contributed by atoms with van der Waals surface area (Å²) in [7, 11) is 1.79. The second kappa shape index (κ2) is 7.53. The number of carbonyl (C=O) groups excluding carboxylic acids is 1. The minimum absolute atomic E-state index is 0.0934. The van der Waals surface area contributed by atoms with Gasteiger partial charge in [0.05, 0.1) is 12.1 Å². The van der Waals surface area contributed by atoms with Crippen LogP contribution < -0.4 is 5.56 Å².